The molecule has 0 rings (SSSR count). The lowest BCUT2D eigenvalue weighted by molar-refractivity contribution is -0.119. The molecule has 0 heterocycles. The van der Waals surface area contributed by atoms with E-state index in [4.69, 9.17) is 5.73 Å². The molecule has 0 unspecified atom stereocenters. The highest BCUT2D eigenvalue weighted by Gasteiger charge is 2.00. The molecule has 3 nitrogen and oxygen atoms in total. The quantitative estimate of drug-likeness (QED) is 0.375. The normalized spacial score (nSPS) is 10.6. The van der Waals surface area contributed by atoms with Crippen molar-refractivity contribution in [3.05, 3.63) is 0 Å². The summed E-state index contributed by atoms with van der Waals surface area (Å²) in [7, 11) is 0. The first kappa shape index (κ1) is 18.8. The number of carbonyl (C=O) groups is 1. The Balaban J connectivity index is 3.10. The molecule has 0 aliphatic rings. The Hall–Kier alpha value is -0.220. The fourth-order valence-electron chi connectivity index (χ4n) is 1.93. The van der Waals surface area contributed by atoms with E-state index in [1.54, 1.807) is 0 Å². The zero-order valence-corrected chi connectivity index (χ0v) is 13.4. The number of nitrogens with one attached hydrogen (secondary N) is 1. The molecule has 0 radical (unpaired) electrons. The van der Waals surface area contributed by atoms with Crippen LogP contribution >= 0.6 is 11.9 Å². The van der Waals surface area contributed by atoms with Gasteiger partial charge in [0.15, 0.2) is 0 Å². The van der Waals surface area contributed by atoms with Gasteiger partial charge in [0.1, 0.15) is 0 Å². The van der Waals surface area contributed by atoms with Crippen LogP contribution < -0.4 is 10.5 Å². The van der Waals surface area contributed by atoms with E-state index in [0.29, 0.717) is 13.0 Å². The molecule has 0 aromatic carbocycles. The topological polar surface area (TPSA) is 55.1 Å². The number of hydrogen-bond donors (Lipinski definition) is 2. The molecule has 0 aromatic heterocycles. The molecule has 0 bridgehead atoms. The van der Waals surface area contributed by atoms with Crippen LogP contribution in [0.15, 0.2) is 0 Å². The number of nitrogens with two attached hydrogens (primary N) is 1. The minimum absolute atomic E-state index is 0.171. The van der Waals surface area contributed by atoms with Crippen molar-refractivity contribution in [2.75, 3.05) is 12.3 Å². The number of carbonyl (C=O) groups excluding carboxylic acids is 1. The van der Waals surface area contributed by atoms with E-state index in [1.807, 2.05) is 0 Å². The zero-order chi connectivity index (χ0) is 14.2. The van der Waals surface area contributed by atoms with Crippen LogP contribution in [0.5, 0.6) is 0 Å². The minimum atomic E-state index is 0.171. The Bertz CT molecular complexity index is 201. The lowest BCUT2D eigenvalue weighted by atomic mass is 10.1. The van der Waals surface area contributed by atoms with Gasteiger partial charge in [0.05, 0.1) is 0 Å². The standard InChI is InChI=1S/C15H32N2OS/c1-2-3-4-5-6-7-8-9-10-12-15(18)17-19-14-11-13-16/h2-14,16H2,1H3,(H,17,18). The summed E-state index contributed by atoms with van der Waals surface area (Å²) in [6, 6.07) is 0. The Labute approximate surface area is 123 Å². The first-order chi connectivity index (χ1) is 9.31. The summed E-state index contributed by atoms with van der Waals surface area (Å²) in [5.41, 5.74) is 5.38. The van der Waals surface area contributed by atoms with Crippen molar-refractivity contribution < 1.29 is 4.79 Å². The number of hydrogen-bond acceptors (Lipinski definition) is 3. The van der Waals surface area contributed by atoms with Crippen LogP contribution in [0.4, 0.5) is 0 Å². The van der Waals surface area contributed by atoms with E-state index >= 15 is 0 Å². The molecule has 0 aliphatic carbocycles. The van der Waals surface area contributed by atoms with Gasteiger partial charge in [-0.05, 0) is 19.4 Å². The molecule has 19 heavy (non-hydrogen) atoms. The zero-order valence-electron chi connectivity index (χ0n) is 12.6. The third kappa shape index (κ3) is 15.7. The van der Waals surface area contributed by atoms with Crippen LogP contribution in [0.25, 0.3) is 0 Å². The van der Waals surface area contributed by atoms with Gasteiger partial charge in [-0.15, -0.1) is 0 Å². The summed E-state index contributed by atoms with van der Waals surface area (Å²) in [6.07, 6.45) is 13.3. The van der Waals surface area contributed by atoms with Gasteiger partial charge in [0.25, 0.3) is 0 Å². The fraction of sp³-hybridized carbons (Fsp3) is 0.933. The van der Waals surface area contributed by atoms with Crippen molar-refractivity contribution in [1.29, 1.82) is 0 Å². The second-order valence-corrected chi connectivity index (χ2v) is 6.00. The van der Waals surface area contributed by atoms with Gasteiger partial charge in [0, 0.05) is 12.2 Å². The Morgan fingerprint density at radius 1 is 0.947 bits per heavy atom. The summed E-state index contributed by atoms with van der Waals surface area (Å²) < 4.78 is 2.86. The molecule has 0 saturated carbocycles. The van der Waals surface area contributed by atoms with E-state index in [9.17, 15) is 4.79 Å². The number of rotatable bonds is 14. The molecular formula is C15H32N2OS. The van der Waals surface area contributed by atoms with Gasteiger partial charge in [-0.3, -0.25) is 4.79 Å². The summed E-state index contributed by atoms with van der Waals surface area (Å²) in [6.45, 7) is 2.94. The molecule has 1 amide bonds. The fourth-order valence-corrected chi connectivity index (χ4v) is 2.61. The summed E-state index contributed by atoms with van der Waals surface area (Å²) in [5, 5.41) is 0. The lowest BCUT2D eigenvalue weighted by Gasteiger charge is -2.04. The maximum absolute atomic E-state index is 11.5. The van der Waals surface area contributed by atoms with Gasteiger partial charge in [-0.1, -0.05) is 70.2 Å². The molecule has 0 aromatic rings. The van der Waals surface area contributed by atoms with Crippen LogP contribution in [0.1, 0.15) is 77.6 Å². The molecule has 0 aliphatic heterocycles. The Kier molecular flexibility index (Phi) is 15.7. The number of unbranched alkanes of at least 4 members (excludes halogenated alkanes) is 8. The Morgan fingerprint density at radius 2 is 1.53 bits per heavy atom. The van der Waals surface area contributed by atoms with Crippen molar-refractivity contribution in [3.63, 3.8) is 0 Å². The summed E-state index contributed by atoms with van der Waals surface area (Å²) >= 11 is 1.49. The van der Waals surface area contributed by atoms with E-state index in [0.717, 1.165) is 18.6 Å². The summed E-state index contributed by atoms with van der Waals surface area (Å²) in [4.78, 5) is 11.5. The second-order valence-electron chi connectivity index (χ2n) is 5.09. The van der Waals surface area contributed by atoms with Crippen LogP contribution in [-0.2, 0) is 4.79 Å². The SMILES string of the molecule is CCCCCCCCCCCC(=O)NSCCCN. The van der Waals surface area contributed by atoms with E-state index in [1.165, 1.54) is 63.3 Å². The van der Waals surface area contributed by atoms with Gasteiger partial charge >= 0.3 is 0 Å². The molecule has 3 N–H and O–H groups in total. The van der Waals surface area contributed by atoms with Crippen molar-refractivity contribution in [1.82, 2.24) is 4.72 Å². The van der Waals surface area contributed by atoms with Gasteiger partial charge in [0.2, 0.25) is 5.91 Å². The molecule has 0 saturated heterocycles. The molecule has 0 atom stereocenters. The average Bonchev–Trinajstić information content (AvgIpc) is 2.42. The lowest BCUT2D eigenvalue weighted by Crippen LogP contribution is -2.16. The van der Waals surface area contributed by atoms with Crippen LogP contribution in [0, 0.1) is 0 Å². The molecule has 0 spiro atoms. The first-order valence-electron chi connectivity index (χ1n) is 7.92. The largest absolute Gasteiger partial charge is 0.330 e. The highest BCUT2D eigenvalue weighted by molar-refractivity contribution is 7.97. The van der Waals surface area contributed by atoms with Crippen molar-refractivity contribution in [2.45, 2.75) is 77.6 Å². The first-order valence-corrected chi connectivity index (χ1v) is 8.90. The Morgan fingerprint density at radius 3 is 2.11 bits per heavy atom. The summed E-state index contributed by atoms with van der Waals surface area (Å²) in [5.74, 6) is 1.09. The highest BCUT2D eigenvalue weighted by Crippen LogP contribution is 2.10. The predicted octanol–water partition coefficient (Wildman–Crippen LogP) is 4.02. The third-order valence-corrected chi connectivity index (χ3v) is 4.01. The monoisotopic (exact) mass is 288 g/mol. The third-order valence-electron chi connectivity index (χ3n) is 3.14. The van der Waals surface area contributed by atoms with Gasteiger partial charge < -0.3 is 10.5 Å². The smallest absolute Gasteiger partial charge is 0.229 e. The number of amides is 1. The highest BCUT2D eigenvalue weighted by atomic mass is 32.2. The van der Waals surface area contributed by atoms with Crippen molar-refractivity contribution >= 4 is 17.9 Å². The predicted molar refractivity (Wildman–Crippen MR) is 86.1 cm³/mol. The van der Waals surface area contributed by atoms with Crippen molar-refractivity contribution in [3.8, 4) is 0 Å². The van der Waals surface area contributed by atoms with Gasteiger partial charge in [-0.2, -0.15) is 0 Å². The van der Waals surface area contributed by atoms with Crippen LogP contribution in [0.3, 0.4) is 0 Å². The maximum atomic E-state index is 11.5. The van der Waals surface area contributed by atoms with Crippen LogP contribution in [0.2, 0.25) is 0 Å². The van der Waals surface area contributed by atoms with Crippen molar-refractivity contribution in [2.24, 2.45) is 5.73 Å². The van der Waals surface area contributed by atoms with E-state index < -0.39 is 0 Å². The second kappa shape index (κ2) is 15.8. The molecule has 0 fully saturated rings. The minimum Gasteiger partial charge on any atom is -0.330 e. The average molecular weight is 289 g/mol. The molecule has 4 heteroatoms. The maximum Gasteiger partial charge on any atom is 0.229 e. The van der Waals surface area contributed by atoms with E-state index in [2.05, 4.69) is 11.6 Å². The van der Waals surface area contributed by atoms with Gasteiger partial charge in [-0.25, -0.2) is 0 Å². The van der Waals surface area contributed by atoms with E-state index in [-0.39, 0.29) is 5.91 Å². The molecular weight excluding hydrogens is 256 g/mol. The molecule has 114 valence electrons. The van der Waals surface area contributed by atoms with Crippen LogP contribution in [-0.4, -0.2) is 18.2 Å².